The van der Waals surface area contributed by atoms with Crippen LogP contribution in [0.2, 0.25) is 0 Å². The molecule has 0 atom stereocenters. The molecule has 1 heterocycles. The Morgan fingerprint density at radius 3 is 2.41 bits per heavy atom. The Labute approximate surface area is 170 Å². The Hall–Kier alpha value is -3.61. The van der Waals surface area contributed by atoms with Gasteiger partial charge in [-0.2, -0.15) is 5.10 Å². The highest BCUT2D eigenvalue weighted by molar-refractivity contribution is 5.97. The first kappa shape index (κ1) is 20.1. The second-order valence-electron chi connectivity index (χ2n) is 6.96. The van der Waals surface area contributed by atoms with E-state index in [0.29, 0.717) is 12.2 Å². The van der Waals surface area contributed by atoms with Gasteiger partial charge in [-0.1, -0.05) is 36.4 Å². The fourth-order valence-corrected chi connectivity index (χ4v) is 3.04. The molecule has 3 rings (SSSR count). The van der Waals surface area contributed by atoms with Gasteiger partial charge in [-0.05, 0) is 42.7 Å². The first-order valence-corrected chi connectivity index (χ1v) is 9.37. The van der Waals surface area contributed by atoms with Crippen molar-refractivity contribution in [1.29, 1.82) is 0 Å². The number of nitrogens with one attached hydrogen (secondary N) is 2. The molecule has 0 aliphatic carbocycles. The van der Waals surface area contributed by atoms with E-state index >= 15 is 0 Å². The normalized spacial score (nSPS) is 10.4. The lowest BCUT2D eigenvalue weighted by Crippen LogP contribution is -2.38. The second-order valence-corrected chi connectivity index (χ2v) is 6.96. The van der Waals surface area contributed by atoms with Crippen molar-refractivity contribution in [2.75, 3.05) is 24.2 Å². The summed E-state index contributed by atoms with van der Waals surface area (Å²) >= 11 is 0. The Balaban J connectivity index is 1.62. The van der Waals surface area contributed by atoms with Gasteiger partial charge in [-0.3, -0.25) is 9.48 Å². The van der Waals surface area contributed by atoms with Gasteiger partial charge in [0.2, 0.25) is 5.91 Å². The third-order valence-electron chi connectivity index (χ3n) is 4.62. The largest absolute Gasteiger partial charge is 0.324 e. The number of carbonyl (C=O) groups excluding carboxylic acids is 2. The molecule has 2 aromatic carbocycles. The maximum atomic E-state index is 12.6. The van der Waals surface area contributed by atoms with Crippen LogP contribution < -0.4 is 10.6 Å². The smallest absolute Gasteiger partial charge is 0.322 e. The number of para-hydroxylation sites is 2. The van der Waals surface area contributed by atoms with Gasteiger partial charge >= 0.3 is 6.03 Å². The predicted octanol–water partition coefficient (Wildman–Crippen LogP) is 3.65. The highest BCUT2D eigenvalue weighted by Gasteiger charge is 2.16. The topological polar surface area (TPSA) is 79.3 Å². The van der Waals surface area contributed by atoms with E-state index < -0.39 is 0 Å². The molecule has 0 bridgehead atoms. The van der Waals surface area contributed by atoms with Gasteiger partial charge < -0.3 is 15.5 Å². The van der Waals surface area contributed by atoms with Crippen molar-refractivity contribution >= 4 is 23.3 Å². The predicted molar refractivity (Wildman–Crippen MR) is 114 cm³/mol. The van der Waals surface area contributed by atoms with E-state index in [1.54, 1.807) is 17.9 Å². The minimum atomic E-state index is -0.352. The zero-order valence-corrected chi connectivity index (χ0v) is 16.8. The fourth-order valence-electron chi connectivity index (χ4n) is 3.04. The van der Waals surface area contributed by atoms with Crippen molar-refractivity contribution in [3.63, 3.8) is 0 Å². The van der Waals surface area contributed by atoms with Crippen molar-refractivity contribution in [2.45, 2.75) is 20.4 Å². The van der Waals surface area contributed by atoms with Crippen LogP contribution in [0.25, 0.3) is 0 Å². The maximum absolute atomic E-state index is 12.6. The summed E-state index contributed by atoms with van der Waals surface area (Å²) in [5.41, 5.74) is 4.37. The van der Waals surface area contributed by atoms with E-state index in [1.165, 1.54) is 4.90 Å². The van der Waals surface area contributed by atoms with Gasteiger partial charge in [0.05, 0.1) is 6.54 Å². The lowest BCUT2D eigenvalue weighted by atomic mass is 10.1. The molecule has 0 saturated carbocycles. The molecule has 3 amide bonds. The summed E-state index contributed by atoms with van der Waals surface area (Å²) in [7, 11) is 1.59. The molecule has 0 spiro atoms. The van der Waals surface area contributed by atoms with Crippen molar-refractivity contribution in [2.24, 2.45) is 0 Å². The summed E-state index contributed by atoms with van der Waals surface area (Å²) in [6.07, 6.45) is 3.58. The number of aryl methyl sites for hydroxylation is 2. The third-order valence-corrected chi connectivity index (χ3v) is 4.62. The second kappa shape index (κ2) is 9.05. The van der Waals surface area contributed by atoms with E-state index in [9.17, 15) is 9.59 Å². The van der Waals surface area contributed by atoms with Crippen LogP contribution >= 0.6 is 0 Å². The zero-order chi connectivity index (χ0) is 20.8. The van der Waals surface area contributed by atoms with Crippen LogP contribution in [0.3, 0.4) is 0 Å². The molecule has 7 nitrogen and oxygen atoms in total. The van der Waals surface area contributed by atoms with Crippen LogP contribution in [0.1, 0.15) is 16.7 Å². The summed E-state index contributed by atoms with van der Waals surface area (Å²) in [6, 6.07) is 14.9. The molecule has 0 fully saturated rings. The first-order valence-electron chi connectivity index (χ1n) is 9.37. The monoisotopic (exact) mass is 391 g/mol. The van der Waals surface area contributed by atoms with E-state index in [0.717, 1.165) is 22.4 Å². The van der Waals surface area contributed by atoms with Gasteiger partial charge in [0, 0.05) is 30.8 Å². The van der Waals surface area contributed by atoms with Crippen molar-refractivity contribution in [3.05, 3.63) is 77.6 Å². The van der Waals surface area contributed by atoms with Crippen molar-refractivity contribution < 1.29 is 9.59 Å². The van der Waals surface area contributed by atoms with E-state index in [2.05, 4.69) is 15.7 Å². The van der Waals surface area contributed by atoms with Crippen LogP contribution in [-0.4, -0.2) is 40.2 Å². The fraction of sp³-hybridized carbons (Fsp3) is 0.227. The molecular formula is C22H25N5O2. The molecule has 0 aliphatic heterocycles. The zero-order valence-electron chi connectivity index (χ0n) is 16.8. The number of aromatic nitrogens is 2. The molecule has 0 unspecified atom stereocenters. The summed E-state index contributed by atoms with van der Waals surface area (Å²) in [6.45, 7) is 4.37. The number of amides is 3. The molecule has 1 aromatic heterocycles. The number of carbonyl (C=O) groups is 2. The summed E-state index contributed by atoms with van der Waals surface area (Å²) < 4.78 is 1.78. The van der Waals surface area contributed by atoms with Gasteiger partial charge in [0.25, 0.3) is 0 Å². The highest BCUT2D eigenvalue weighted by Crippen LogP contribution is 2.19. The minimum Gasteiger partial charge on any atom is -0.324 e. The number of benzene rings is 2. The molecule has 2 N–H and O–H groups in total. The number of anilines is 2. The number of nitrogens with zero attached hydrogens (tertiary/aromatic N) is 3. The van der Waals surface area contributed by atoms with E-state index in [4.69, 9.17) is 0 Å². The molecule has 0 radical (unpaired) electrons. The molecule has 0 aliphatic rings. The first-order chi connectivity index (χ1) is 13.9. The van der Waals surface area contributed by atoms with Crippen LogP contribution in [0.4, 0.5) is 16.2 Å². The Bertz CT molecular complexity index is 978. The van der Waals surface area contributed by atoms with Gasteiger partial charge in [0.15, 0.2) is 0 Å². The highest BCUT2D eigenvalue weighted by atomic mass is 16.2. The molecular weight excluding hydrogens is 366 g/mol. The lowest BCUT2D eigenvalue weighted by molar-refractivity contribution is -0.116. The van der Waals surface area contributed by atoms with Crippen LogP contribution in [-0.2, 0) is 11.3 Å². The number of urea groups is 1. The number of rotatable bonds is 6. The van der Waals surface area contributed by atoms with Gasteiger partial charge in [-0.25, -0.2) is 4.79 Å². The van der Waals surface area contributed by atoms with Crippen LogP contribution in [0.15, 0.2) is 60.9 Å². The number of likely N-dealkylation sites (N-methyl/N-ethyl adjacent to an activating group) is 1. The SMILES string of the molecule is Cc1cccc(C)c1NC(=O)CN(C)C(=O)Nc1ccccc1Cn1cccn1. The van der Waals surface area contributed by atoms with Gasteiger partial charge in [-0.15, -0.1) is 0 Å². The van der Waals surface area contributed by atoms with Crippen molar-refractivity contribution in [3.8, 4) is 0 Å². The van der Waals surface area contributed by atoms with E-state index in [-0.39, 0.29) is 18.5 Å². The average molecular weight is 391 g/mol. The standard InChI is InChI=1S/C22H25N5O2/c1-16-8-6-9-17(2)21(16)25-20(28)15-26(3)22(29)24-19-11-5-4-10-18(19)14-27-13-7-12-23-27/h4-13H,14-15H2,1-3H3,(H,24,29)(H,25,28). The van der Waals surface area contributed by atoms with Crippen LogP contribution in [0.5, 0.6) is 0 Å². The van der Waals surface area contributed by atoms with Crippen molar-refractivity contribution in [1.82, 2.24) is 14.7 Å². The average Bonchev–Trinajstić information content (AvgIpc) is 3.19. The molecule has 7 heteroatoms. The maximum Gasteiger partial charge on any atom is 0.322 e. The summed E-state index contributed by atoms with van der Waals surface area (Å²) in [4.78, 5) is 26.4. The molecule has 3 aromatic rings. The Morgan fingerprint density at radius 2 is 1.72 bits per heavy atom. The molecule has 0 saturated heterocycles. The number of hydrogen-bond donors (Lipinski definition) is 2. The lowest BCUT2D eigenvalue weighted by Gasteiger charge is -2.20. The Morgan fingerprint density at radius 1 is 1.00 bits per heavy atom. The minimum absolute atomic E-state index is 0.0546. The molecule has 29 heavy (non-hydrogen) atoms. The summed E-state index contributed by atoms with van der Waals surface area (Å²) in [5.74, 6) is -0.245. The van der Waals surface area contributed by atoms with E-state index in [1.807, 2.05) is 68.6 Å². The Kier molecular flexibility index (Phi) is 6.29. The number of hydrogen-bond acceptors (Lipinski definition) is 3. The third kappa shape index (κ3) is 5.22. The quantitative estimate of drug-likeness (QED) is 0.673. The van der Waals surface area contributed by atoms with Gasteiger partial charge in [0.1, 0.15) is 6.54 Å². The summed E-state index contributed by atoms with van der Waals surface area (Å²) in [5, 5.41) is 9.98. The molecule has 150 valence electrons. The van der Waals surface area contributed by atoms with Crippen LogP contribution in [0, 0.1) is 13.8 Å².